The van der Waals surface area contributed by atoms with E-state index in [2.05, 4.69) is 15.0 Å². The molecular weight excluding hydrogens is 410 g/mol. The van der Waals surface area contributed by atoms with Gasteiger partial charge >= 0.3 is 0 Å². The van der Waals surface area contributed by atoms with Gasteiger partial charge in [-0.05, 0) is 56.5 Å². The van der Waals surface area contributed by atoms with Crippen LogP contribution in [0.4, 0.5) is 0 Å². The molecule has 1 saturated carbocycles. The summed E-state index contributed by atoms with van der Waals surface area (Å²) in [5, 5.41) is 3.53. The highest BCUT2D eigenvalue weighted by atomic mass is 32.2. The van der Waals surface area contributed by atoms with Gasteiger partial charge in [0.05, 0.1) is 10.6 Å². The molecule has 1 aromatic carbocycles. The minimum Gasteiger partial charge on any atom is -0.459 e. The molecule has 2 aromatic heterocycles. The number of aromatic nitrogens is 1. The minimum atomic E-state index is -3.47. The number of carbonyl (C=O) groups is 1. The van der Waals surface area contributed by atoms with Gasteiger partial charge in [-0.1, -0.05) is 12.1 Å². The molecule has 1 aliphatic rings. The molecule has 1 fully saturated rings. The summed E-state index contributed by atoms with van der Waals surface area (Å²) >= 11 is 1.28. The normalized spacial score (nSPS) is 14.1. The second-order valence-electron chi connectivity index (χ2n) is 7.07. The molecular formula is C20H21N3O4S2. The van der Waals surface area contributed by atoms with E-state index in [4.69, 9.17) is 4.42 Å². The number of hydrogen-bond acceptors (Lipinski definition) is 6. The monoisotopic (exact) mass is 431 g/mol. The number of carbonyl (C=O) groups excluding carboxylic acids is 1. The molecule has 7 nitrogen and oxygen atoms in total. The van der Waals surface area contributed by atoms with Gasteiger partial charge in [-0.15, -0.1) is 11.3 Å². The van der Waals surface area contributed by atoms with Crippen molar-refractivity contribution in [2.75, 3.05) is 0 Å². The average molecular weight is 432 g/mol. The van der Waals surface area contributed by atoms with E-state index < -0.39 is 10.0 Å². The molecule has 9 heteroatoms. The van der Waals surface area contributed by atoms with Gasteiger partial charge in [-0.25, -0.2) is 18.1 Å². The number of nitrogens with one attached hydrogen (secondary N) is 2. The smallest absolute Gasteiger partial charge is 0.263 e. The number of nitrogens with zero attached hydrogens (tertiary/aromatic N) is 1. The third-order valence-corrected chi connectivity index (χ3v) is 7.25. The number of hydrogen-bond donors (Lipinski definition) is 2. The molecule has 0 atom stereocenters. The van der Waals surface area contributed by atoms with Crippen LogP contribution in [0.15, 0.2) is 45.7 Å². The number of rotatable bonds is 7. The van der Waals surface area contributed by atoms with Crippen LogP contribution < -0.4 is 10.0 Å². The van der Waals surface area contributed by atoms with Crippen molar-refractivity contribution in [2.45, 2.75) is 44.2 Å². The Balaban J connectivity index is 1.40. The van der Waals surface area contributed by atoms with Gasteiger partial charge in [-0.3, -0.25) is 4.79 Å². The number of furan rings is 1. The summed E-state index contributed by atoms with van der Waals surface area (Å²) in [6, 6.07) is 10.3. The molecule has 29 heavy (non-hydrogen) atoms. The number of sulfonamides is 1. The third kappa shape index (κ3) is 4.58. The van der Waals surface area contributed by atoms with Gasteiger partial charge in [0.15, 0.2) is 10.8 Å². The van der Waals surface area contributed by atoms with Crippen LogP contribution in [0.5, 0.6) is 0 Å². The highest BCUT2D eigenvalue weighted by Crippen LogP contribution is 2.29. The first kappa shape index (κ1) is 19.8. The van der Waals surface area contributed by atoms with E-state index in [9.17, 15) is 13.2 Å². The van der Waals surface area contributed by atoms with Crippen LogP contribution in [0, 0.1) is 13.8 Å². The fraction of sp³-hybridized carbons (Fsp3) is 0.300. The first-order valence-corrected chi connectivity index (χ1v) is 11.6. The Kier molecular flexibility index (Phi) is 5.28. The first-order chi connectivity index (χ1) is 13.8. The number of thiazole rings is 1. The lowest BCUT2D eigenvalue weighted by Gasteiger charge is -2.07. The van der Waals surface area contributed by atoms with Gasteiger partial charge in [0.25, 0.3) is 5.91 Å². The first-order valence-electron chi connectivity index (χ1n) is 9.25. The van der Waals surface area contributed by atoms with E-state index >= 15 is 0 Å². The highest BCUT2D eigenvalue weighted by molar-refractivity contribution is 7.89. The number of aryl methyl sites for hydroxylation is 2. The molecule has 1 aliphatic carbocycles. The Morgan fingerprint density at radius 2 is 1.90 bits per heavy atom. The quantitative estimate of drug-likeness (QED) is 0.597. The van der Waals surface area contributed by atoms with E-state index in [-0.39, 0.29) is 16.8 Å². The van der Waals surface area contributed by atoms with Crippen molar-refractivity contribution in [2.24, 2.45) is 0 Å². The molecule has 3 aromatic rings. The van der Waals surface area contributed by atoms with E-state index in [1.807, 2.05) is 19.1 Å². The number of benzene rings is 1. The lowest BCUT2D eigenvalue weighted by molar-refractivity contribution is 0.0954. The maximum Gasteiger partial charge on any atom is 0.263 e. The van der Waals surface area contributed by atoms with E-state index in [0.717, 1.165) is 24.2 Å². The molecule has 0 saturated heterocycles. The van der Waals surface area contributed by atoms with Crippen molar-refractivity contribution in [1.29, 1.82) is 0 Å². The standard InChI is InChI=1S/C20H21N3O4S2/c1-12-3-10-17(27-12)20-22-13(2)18(28-20)19(24)21-11-14-4-8-16(9-5-14)29(25,26)23-15-6-7-15/h3-5,8-10,15,23H,6-7,11H2,1-2H3,(H,21,24). The Labute approximate surface area is 173 Å². The summed E-state index contributed by atoms with van der Waals surface area (Å²) in [4.78, 5) is 17.8. The van der Waals surface area contributed by atoms with Crippen LogP contribution in [0.3, 0.4) is 0 Å². The molecule has 1 amide bonds. The predicted octanol–water partition coefficient (Wildman–Crippen LogP) is 3.39. The molecule has 0 spiro atoms. The Bertz CT molecular complexity index is 1140. The molecule has 0 unspecified atom stereocenters. The van der Waals surface area contributed by atoms with Crippen LogP contribution in [-0.2, 0) is 16.6 Å². The van der Waals surface area contributed by atoms with Gasteiger partial charge in [0.2, 0.25) is 10.0 Å². The largest absolute Gasteiger partial charge is 0.459 e. The van der Waals surface area contributed by atoms with Crippen molar-refractivity contribution >= 4 is 27.3 Å². The Morgan fingerprint density at radius 1 is 1.17 bits per heavy atom. The highest BCUT2D eigenvalue weighted by Gasteiger charge is 2.27. The summed E-state index contributed by atoms with van der Waals surface area (Å²) in [6.07, 6.45) is 1.78. The molecule has 0 aliphatic heterocycles. The Hall–Kier alpha value is -2.49. The zero-order valence-electron chi connectivity index (χ0n) is 16.1. The lowest BCUT2D eigenvalue weighted by Crippen LogP contribution is -2.26. The average Bonchev–Trinajstić information content (AvgIpc) is 3.23. The van der Waals surface area contributed by atoms with Crippen LogP contribution >= 0.6 is 11.3 Å². The van der Waals surface area contributed by atoms with Crippen LogP contribution in [0.2, 0.25) is 0 Å². The van der Waals surface area contributed by atoms with Crippen molar-refractivity contribution in [3.05, 3.63) is 58.3 Å². The molecule has 2 N–H and O–H groups in total. The molecule has 4 rings (SSSR count). The molecule has 0 bridgehead atoms. The zero-order valence-corrected chi connectivity index (χ0v) is 17.7. The van der Waals surface area contributed by atoms with Crippen LogP contribution in [0.1, 0.15) is 39.5 Å². The fourth-order valence-corrected chi connectivity index (χ4v) is 5.05. The number of amides is 1. The van der Waals surface area contributed by atoms with Gasteiger partial charge in [-0.2, -0.15) is 0 Å². The van der Waals surface area contributed by atoms with Gasteiger partial charge in [0.1, 0.15) is 10.6 Å². The second kappa shape index (κ2) is 7.74. The fourth-order valence-electron chi connectivity index (χ4n) is 2.80. The van der Waals surface area contributed by atoms with Crippen molar-refractivity contribution in [3.63, 3.8) is 0 Å². The SMILES string of the molecule is Cc1ccc(-c2nc(C)c(C(=O)NCc3ccc(S(=O)(=O)NC4CC4)cc3)s2)o1. The summed E-state index contributed by atoms with van der Waals surface area (Å²) in [5.41, 5.74) is 1.46. The molecule has 2 heterocycles. The van der Waals surface area contributed by atoms with Gasteiger partial charge < -0.3 is 9.73 Å². The topological polar surface area (TPSA) is 101 Å². The van der Waals surface area contributed by atoms with E-state index in [0.29, 0.717) is 27.9 Å². The summed E-state index contributed by atoms with van der Waals surface area (Å²) < 4.78 is 32.6. The minimum absolute atomic E-state index is 0.0663. The Morgan fingerprint density at radius 3 is 2.52 bits per heavy atom. The van der Waals surface area contributed by atoms with Crippen molar-refractivity contribution < 1.29 is 17.6 Å². The van der Waals surface area contributed by atoms with Crippen LogP contribution in [-0.4, -0.2) is 25.4 Å². The summed E-state index contributed by atoms with van der Waals surface area (Å²) in [7, 11) is -3.47. The van der Waals surface area contributed by atoms with E-state index in [1.165, 1.54) is 11.3 Å². The summed E-state index contributed by atoms with van der Waals surface area (Å²) in [6.45, 7) is 3.94. The maximum atomic E-state index is 12.6. The molecule has 152 valence electrons. The van der Waals surface area contributed by atoms with Crippen LogP contribution in [0.25, 0.3) is 10.8 Å². The predicted molar refractivity (Wildman–Crippen MR) is 110 cm³/mol. The summed E-state index contributed by atoms with van der Waals surface area (Å²) in [5.74, 6) is 1.21. The van der Waals surface area contributed by atoms with Crippen molar-refractivity contribution in [1.82, 2.24) is 15.0 Å². The maximum absolute atomic E-state index is 12.6. The third-order valence-electron chi connectivity index (χ3n) is 4.54. The van der Waals surface area contributed by atoms with Gasteiger partial charge in [0, 0.05) is 12.6 Å². The molecule has 0 radical (unpaired) electrons. The second-order valence-corrected chi connectivity index (χ2v) is 9.78. The van der Waals surface area contributed by atoms with E-state index in [1.54, 1.807) is 31.2 Å². The van der Waals surface area contributed by atoms with Crippen molar-refractivity contribution in [3.8, 4) is 10.8 Å². The zero-order chi connectivity index (χ0) is 20.6. The lowest BCUT2D eigenvalue weighted by atomic mass is 10.2.